The smallest absolute Gasteiger partial charge is 0.277 e. The summed E-state index contributed by atoms with van der Waals surface area (Å²) in [6.07, 6.45) is 0. The van der Waals surface area contributed by atoms with Gasteiger partial charge in [0.25, 0.3) is 5.91 Å². The number of hydrogen-bond acceptors (Lipinski definition) is 3. The fraction of sp³-hybridized carbons (Fsp3) is 0.286. The summed E-state index contributed by atoms with van der Waals surface area (Å²) in [5.41, 5.74) is 0.699. The number of nitrogens with one attached hydrogen (secondary N) is 1. The Morgan fingerprint density at radius 2 is 2.05 bits per heavy atom. The maximum atomic E-state index is 12.0. The van der Waals surface area contributed by atoms with E-state index in [1.165, 1.54) is 0 Å². The van der Waals surface area contributed by atoms with Crippen LogP contribution in [0.25, 0.3) is 0 Å². The van der Waals surface area contributed by atoms with Crippen molar-refractivity contribution in [1.82, 2.24) is 5.16 Å². The highest BCUT2D eigenvalue weighted by Crippen LogP contribution is 2.23. The Bertz CT molecular complexity index is 599. The number of rotatable bonds is 2. The molecule has 0 unspecified atom stereocenters. The SMILES string of the molecule is CC(C)(C)c1cc(C(=O)Nc2cccc(Cl)c2)no1. The first kappa shape index (κ1) is 13.6. The Kier molecular flexibility index (Phi) is 3.62. The first-order valence-electron chi connectivity index (χ1n) is 5.90. The monoisotopic (exact) mass is 278 g/mol. The van der Waals surface area contributed by atoms with E-state index in [1.54, 1.807) is 30.3 Å². The van der Waals surface area contributed by atoms with Gasteiger partial charge in [-0.05, 0) is 18.2 Å². The van der Waals surface area contributed by atoms with Gasteiger partial charge < -0.3 is 9.84 Å². The van der Waals surface area contributed by atoms with E-state index in [2.05, 4.69) is 10.5 Å². The molecule has 0 aliphatic heterocycles. The van der Waals surface area contributed by atoms with Gasteiger partial charge in [-0.15, -0.1) is 0 Å². The van der Waals surface area contributed by atoms with Crippen molar-refractivity contribution in [1.29, 1.82) is 0 Å². The molecule has 1 heterocycles. The zero-order valence-electron chi connectivity index (χ0n) is 11.0. The second-order valence-electron chi connectivity index (χ2n) is 5.29. The molecule has 1 aromatic carbocycles. The highest BCUT2D eigenvalue weighted by atomic mass is 35.5. The minimum absolute atomic E-state index is 0.179. The van der Waals surface area contributed by atoms with Gasteiger partial charge in [0, 0.05) is 22.2 Å². The number of carbonyl (C=O) groups excluding carboxylic acids is 1. The van der Waals surface area contributed by atoms with Gasteiger partial charge in [0.05, 0.1) is 0 Å². The third-order valence-corrected chi connectivity index (χ3v) is 2.80. The molecule has 2 aromatic rings. The van der Waals surface area contributed by atoms with Crippen molar-refractivity contribution in [2.75, 3.05) is 5.32 Å². The second kappa shape index (κ2) is 5.05. The quantitative estimate of drug-likeness (QED) is 0.907. The fourth-order valence-electron chi connectivity index (χ4n) is 1.50. The van der Waals surface area contributed by atoms with Gasteiger partial charge in [0.15, 0.2) is 5.69 Å². The van der Waals surface area contributed by atoms with Crippen LogP contribution in [0.2, 0.25) is 5.02 Å². The van der Waals surface area contributed by atoms with E-state index in [4.69, 9.17) is 16.1 Å². The van der Waals surface area contributed by atoms with Crippen LogP contribution in [0.3, 0.4) is 0 Å². The van der Waals surface area contributed by atoms with Crippen LogP contribution in [-0.2, 0) is 5.41 Å². The molecule has 5 heteroatoms. The molecule has 0 fully saturated rings. The van der Waals surface area contributed by atoms with Crippen LogP contribution in [0, 0.1) is 0 Å². The lowest BCUT2D eigenvalue weighted by molar-refractivity contribution is 0.101. The molecule has 4 nitrogen and oxygen atoms in total. The molecule has 0 bridgehead atoms. The first-order chi connectivity index (χ1) is 8.86. The van der Waals surface area contributed by atoms with Crippen LogP contribution in [-0.4, -0.2) is 11.1 Å². The van der Waals surface area contributed by atoms with Crippen LogP contribution in [0.4, 0.5) is 5.69 Å². The number of nitrogens with zero attached hydrogens (tertiary/aromatic N) is 1. The maximum absolute atomic E-state index is 12.0. The van der Waals surface area contributed by atoms with Gasteiger partial charge in [0.2, 0.25) is 0 Å². The molecule has 0 saturated carbocycles. The minimum Gasteiger partial charge on any atom is -0.360 e. The van der Waals surface area contributed by atoms with E-state index >= 15 is 0 Å². The summed E-state index contributed by atoms with van der Waals surface area (Å²) in [7, 11) is 0. The maximum Gasteiger partial charge on any atom is 0.277 e. The third kappa shape index (κ3) is 3.35. The highest BCUT2D eigenvalue weighted by Gasteiger charge is 2.22. The van der Waals surface area contributed by atoms with Gasteiger partial charge in [-0.3, -0.25) is 4.79 Å². The summed E-state index contributed by atoms with van der Waals surface area (Å²) in [5.74, 6) is 0.352. The molecule has 100 valence electrons. The molecule has 0 saturated heterocycles. The Morgan fingerprint density at radius 3 is 2.63 bits per heavy atom. The van der Waals surface area contributed by atoms with Gasteiger partial charge >= 0.3 is 0 Å². The van der Waals surface area contributed by atoms with E-state index in [9.17, 15) is 4.79 Å². The van der Waals surface area contributed by atoms with Crippen LogP contribution in [0.15, 0.2) is 34.9 Å². The lowest BCUT2D eigenvalue weighted by atomic mass is 9.93. The van der Waals surface area contributed by atoms with Crippen molar-refractivity contribution in [3.05, 3.63) is 46.8 Å². The number of halogens is 1. The molecule has 1 amide bonds. The standard InChI is InChI=1S/C14H15ClN2O2/c1-14(2,3)12-8-11(17-19-12)13(18)16-10-6-4-5-9(15)7-10/h4-8H,1-3H3,(H,16,18). The Morgan fingerprint density at radius 1 is 1.32 bits per heavy atom. The average molecular weight is 279 g/mol. The molecule has 1 N–H and O–H groups in total. The highest BCUT2D eigenvalue weighted by molar-refractivity contribution is 6.30. The van der Waals surface area contributed by atoms with Crippen molar-refractivity contribution in [3.63, 3.8) is 0 Å². The molecule has 2 rings (SSSR count). The average Bonchev–Trinajstić information content (AvgIpc) is 2.77. The summed E-state index contributed by atoms with van der Waals surface area (Å²) in [6, 6.07) is 8.59. The molecule has 19 heavy (non-hydrogen) atoms. The fourth-order valence-corrected chi connectivity index (χ4v) is 1.69. The Labute approximate surface area is 116 Å². The van der Waals surface area contributed by atoms with Gasteiger partial charge in [-0.1, -0.05) is 43.6 Å². The van der Waals surface area contributed by atoms with Gasteiger partial charge in [-0.2, -0.15) is 0 Å². The van der Waals surface area contributed by atoms with Crippen LogP contribution < -0.4 is 5.32 Å². The van der Waals surface area contributed by atoms with Crippen LogP contribution >= 0.6 is 11.6 Å². The molecular formula is C14H15ClN2O2. The molecule has 1 aromatic heterocycles. The van der Waals surface area contributed by atoms with Crippen molar-refractivity contribution in [2.45, 2.75) is 26.2 Å². The van der Waals surface area contributed by atoms with Gasteiger partial charge in [0.1, 0.15) is 5.76 Å². The molecular weight excluding hydrogens is 264 g/mol. The zero-order valence-corrected chi connectivity index (χ0v) is 11.8. The molecule has 0 aliphatic carbocycles. The molecule has 0 atom stereocenters. The number of anilines is 1. The van der Waals surface area contributed by atoms with E-state index in [1.807, 2.05) is 20.8 Å². The Balaban J connectivity index is 2.14. The number of amides is 1. The Hall–Kier alpha value is -1.81. The zero-order chi connectivity index (χ0) is 14.0. The minimum atomic E-state index is -0.318. The first-order valence-corrected chi connectivity index (χ1v) is 6.28. The topological polar surface area (TPSA) is 55.1 Å². The molecule has 0 aliphatic rings. The summed E-state index contributed by atoms with van der Waals surface area (Å²) in [6.45, 7) is 5.98. The lowest BCUT2D eigenvalue weighted by Gasteiger charge is -2.12. The van der Waals surface area contributed by atoms with Crippen LogP contribution in [0.5, 0.6) is 0 Å². The summed E-state index contributed by atoms with van der Waals surface area (Å²) in [4.78, 5) is 12.0. The van der Waals surface area contributed by atoms with E-state index < -0.39 is 0 Å². The normalized spacial score (nSPS) is 11.4. The van der Waals surface area contributed by atoms with Crippen molar-refractivity contribution < 1.29 is 9.32 Å². The number of carbonyl (C=O) groups is 1. The largest absolute Gasteiger partial charge is 0.360 e. The van der Waals surface area contributed by atoms with E-state index in [0.717, 1.165) is 0 Å². The number of benzene rings is 1. The lowest BCUT2D eigenvalue weighted by Crippen LogP contribution is -2.13. The van der Waals surface area contributed by atoms with Crippen molar-refractivity contribution in [3.8, 4) is 0 Å². The second-order valence-corrected chi connectivity index (χ2v) is 5.73. The summed E-state index contributed by atoms with van der Waals surface area (Å²) >= 11 is 5.85. The van der Waals surface area contributed by atoms with E-state index in [0.29, 0.717) is 16.5 Å². The number of aromatic nitrogens is 1. The predicted molar refractivity (Wildman–Crippen MR) is 74.6 cm³/mol. The summed E-state index contributed by atoms with van der Waals surface area (Å²) in [5, 5.41) is 7.06. The van der Waals surface area contributed by atoms with E-state index in [-0.39, 0.29) is 17.0 Å². The number of hydrogen-bond donors (Lipinski definition) is 1. The van der Waals surface area contributed by atoms with Crippen molar-refractivity contribution in [2.24, 2.45) is 0 Å². The van der Waals surface area contributed by atoms with Crippen molar-refractivity contribution >= 4 is 23.2 Å². The summed E-state index contributed by atoms with van der Waals surface area (Å²) < 4.78 is 5.17. The predicted octanol–water partition coefficient (Wildman–Crippen LogP) is 3.88. The van der Waals surface area contributed by atoms with Gasteiger partial charge in [-0.25, -0.2) is 0 Å². The molecule has 0 spiro atoms. The molecule has 0 radical (unpaired) electrons. The third-order valence-electron chi connectivity index (χ3n) is 2.56. The van der Waals surface area contributed by atoms with Crippen LogP contribution in [0.1, 0.15) is 37.0 Å².